The van der Waals surface area contributed by atoms with Crippen molar-refractivity contribution in [3.8, 4) is 23.0 Å². The SMILES string of the molecule is CCCCOc1ccc(O[Si](Oc2ccc(OCCCC)cc2)(OC2CCC(C(C)C)CC2)OC2CCC(C(C)C)CC2)cc1. The Balaban J connectivity index is 1.59. The lowest BCUT2D eigenvalue weighted by molar-refractivity contribution is -0.0430. The van der Waals surface area contributed by atoms with Crippen molar-refractivity contribution in [1.29, 1.82) is 0 Å². The van der Waals surface area contributed by atoms with E-state index in [0.29, 0.717) is 36.5 Å². The minimum atomic E-state index is -3.73. The van der Waals surface area contributed by atoms with Crippen LogP contribution in [0.15, 0.2) is 48.5 Å². The molecule has 0 atom stereocenters. The van der Waals surface area contributed by atoms with E-state index in [0.717, 1.165) is 100 Å². The number of hydrogen-bond acceptors (Lipinski definition) is 6. The molecule has 0 radical (unpaired) electrons. The van der Waals surface area contributed by atoms with Gasteiger partial charge in [0.05, 0.1) is 25.4 Å². The Morgan fingerprint density at radius 3 is 1.18 bits per heavy atom. The fraction of sp³-hybridized carbons (Fsp3) is 0.684. The molecule has 7 heteroatoms. The van der Waals surface area contributed by atoms with Crippen LogP contribution < -0.4 is 18.3 Å². The van der Waals surface area contributed by atoms with Crippen LogP contribution in [0.4, 0.5) is 0 Å². The van der Waals surface area contributed by atoms with Gasteiger partial charge in [-0.25, -0.2) is 0 Å². The quantitative estimate of drug-likeness (QED) is 0.119. The second-order valence-corrected chi connectivity index (χ2v) is 15.7. The summed E-state index contributed by atoms with van der Waals surface area (Å²) in [5.41, 5.74) is 0. The van der Waals surface area contributed by atoms with Gasteiger partial charge in [-0.1, -0.05) is 54.4 Å². The average Bonchev–Trinajstić information content (AvgIpc) is 3.03. The molecule has 0 heterocycles. The summed E-state index contributed by atoms with van der Waals surface area (Å²) in [4.78, 5) is 0. The van der Waals surface area contributed by atoms with E-state index in [1.54, 1.807) is 0 Å². The van der Waals surface area contributed by atoms with Crippen LogP contribution in [-0.4, -0.2) is 34.5 Å². The molecule has 45 heavy (non-hydrogen) atoms. The molecule has 2 aromatic rings. The molecule has 0 bridgehead atoms. The summed E-state index contributed by atoms with van der Waals surface area (Å²) in [6.45, 7) is 15.1. The number of rotatable bonds is 18. The molecule has 2 fully saturated rings. The number of ether oxygens (including phenoxy) is 2. The third kappa shape index (κ3) is 11.5. The van der Waals surface area contributed by atoms with E-state index < -0.39 is 9.05 Å². The lowest BCUT2D eigenvalue weighted by atomic mass is 9.81. The monoisotopic (exact) mass is 640 g/mol. The molecule has 2 aliphatic carbocycles. The van der Waals surface area contributed by atoms with Crippen LogP contribution in [0.5, 0.6) is 23.0 Å². The molecule has 2 aliphatic rings. The van der Waals surface area contributed by atoms with Gasteiger partial charge in [-0.2, -0.15) is 0 Å². The normalized spacial score (nSPS) is 22.4. The van der Waals surface area contributed by atoms with Crippen molar-refractivity contribution < 1.29 is 27.2 Å². The van der Waals surface area contributed by atoms with Gasteiger partial charge in [0.25, 0.3) is 0 Å². The summed E-state index contributed by atoms with van der Waals surface area (Å²) in [5, 5.41) is 0. The molecule has 0 spiro atoms. The predicted octanol–water partition coefficient (Wildman–Crippen LogP) is 10.4. The van der Waals surface area contributed by atoms with Gasteiger partial charge in [0.15, 0.2) is 0 Å². The van der Waals surface area contributed by atoms with E-state index in [1.165, 1.54) is 0 Å². The molecule has 0 aliphatic heterocycles. The third-order valence-electron chi connectivity index (χ3n) is 9.61. The van der Waals surface area contributed by atoms with Crippen molar-refractivity contribution in [3.63, 3.8) is 0 Å². The van der Waals surface area contributed by atoms with E-state index in [9.17, 15) is 0 Å². The van der Waals surface area contributed by atoms with E-state index in [-0.39, 0.29) is 12.2 Å². The topological polar surface area (TPSA) is 55.4 Å². The first-order chi connectivity index (χ1) is 21.8. The second-order valence-electron chi connectivity index (χ2n) is 13.8. The maximum Gasteiger partial charge on any atom is 0.821 e. The zero-order chi connectivity index (χ0) is 32.1. The molecule has 0 N–H and O–H groups in total. The van der Waals surface area contributed by atoms with Crippen molar-refractivity contribution in [1.82, 2.24) is 0 Å². The summed E-state index contributed by atoms with van der Waals surface area (Å²) in [7, 11) is -3.73. The first-order valence-corrected chi connectivity index (χ1v) is 19.6. The van der Waals surface area contributed by atoms with Crippen LogP contribution in [0.1, 0.15) is 119 Å². The van der Waals surface area contributed by atoms with Gasteiger partial charge in [0.1, 0.15) is 23.0 Å². The van der Waals surface area contributed by atoms with Gasteiger partial charge in [0.2, 0.25) is 0 Å². The largest absolute Gasteiger partial charge is 0.821 e. The molecule has 0 unspecified atom stereocenters. The van der Waals surface area contributed by atoms with Crippen molar-refractivity contribution in [2.75, 3.05) is 13.2 Å². The molecule has 252 valence electrons. The molecule has 0 saturated heterocycles. The van der Waals surface area contributed by atoms with Crippen LogP contribution >= 0.6 is 0 Å². The lowest BCUT2D eigenvalue weighted by Crippen LogP contribution is -2.59. The Kier molecular flexibility index (Phi) is 14.4. The standard InChI is InChI=1S/C38H60O6Si/c1-7-9-27-39-33-19-23-37(24-20-33)43-45(41-35-15-11-31(12-16-35)29(3)4,42-36-17-13-32(14-18-36)30(5)6)44-38-25-21-34(22-26-38)40-28-10-8-2/h19-26,29-32,35-36H,7-18,27-28H2,1-6H3. The van der Waals surface area contributed by atoms with Crippen LogP contribution in [0.3, 0.4) is 0 Å². The Bertz CT molecular complexity index is 985. The molecule has 4 rings (SSSR count). The van der Waals surface area contributed by atoms with Gasteiger partial charge in [-0.3, -0.25) is 0 Å². The Labute approximate surface area is 275 Å². The van der Waals surface area contributed by atoms with Gasteiger partial charge >= 0.3 is 9.05 Å². The highest BCUT2D eigenvalue weighted by Crippen LogP contribution is 2.37. The summed E-state index contributed by atoms with van der Waals surface area (Å²) in [6, 6.07) is 15.7. The Hall–Kier alpha value is -2.22. The van der Waals surface area contributed by atoms with E-state index in [4.69, 9.17) is 27.2 Å². The number of unbranched alkanes of at least 4 members (excludes halogenated alkanes) is 2. The maximum atomic E-state index is 7.02. The first-order valence-electron chi connectivity index (χ1n) is 18.0. The van der Waals surface area contributed by atoms with Crippen LogP contribution in [0, 0.1) is 23.7 Å². The van der Waals surface area contributed by atoms with Crippen LogP contribution in [0.2, 0.25) is 0 Å². The lowest BCUT2D eigenvalue weighted by Gasteiger charge is -2.39. The summed E-state index contributed by atoms with van der Waals surface area (Å²) in [6.07, 6.45) is 12.9. The molecule has 0 amide bonds. The molecular weight excluding hydrogens is 580 g/mol. The first kappa shape index (κ1) is 35.6. The van der Waals surface area contributed by atoms with Crippen molar-refractivity contribution in [3.05, 3.63) is 48.5 Å². The molecule has 2 saturated carbocycles. The van der Waals surface area contributed by atoms with Gasteiger partial charge in [-0.05, 0) is 136 Å². The minimum Gasteiger partial charge on any atom is -0.494 e. The fourth-order valence-electron chi connectivity index (χ4n) is 6.46. The minimum absolute atomic E-state index is 0.0342. The van der Waals surface area contributed by atoms with Crippen molar-refractivity contribution in [2.24, 2.45) is 23.7 Å². The highest BCUT2D eigenvalue weighted by molar-refractivity contribution is 6.55. The smallest absolute Gasteiger partial charge is 0.494 e. The van der Waals surface area contributed by atoms with E-state index in [2.05, 4.69) is 41.5 Å². The van der Waals surface area contributed by atoms with Crippen LogP contribution in [-0.2, 0) is 8.85 Å². The molecule has 6 nitrogen and oxygen atoms in total. The third-order valence-corrected chi connectivity index (χ3v) is 11.8. The predicted molar refractivity (Wildman–Crippen MR) is 184 cm³/mol. The zero-order valence-electron chi connectivity index (χ0n) is 28.9. The van der Waals surface area contributed by atoms with Gasteiger partial charge < -0.3 is 27.2 Å². The number of hydrogen-bond donors (Lipinski definition) is 0. The Morgan fingerprint density at radius 1 is 0.533 bits per heavy atom. The maximum absolute atomic E-state index is 7.02. The highest BCUT2D eigenvalue weighted by Gasteiger charge is 2.56. The van der Waals surface area contributed by atoms with Gasteiger partial charge in [0, 0.05) is 0 Å². The zero-order valence-corrected chi connectivity index (χ0v) is 29.9. The molecule has 0 aromatic heterocycles. The van der Waals surface area contributed by atoms with Gasteiger partial charge in [-0.15, -0.1) is 0 Å². The molecular formula is C38H60O6Si. The van der Waals surface area contributed by atoms with E-state index in [1.807, 2.05) is 48.5 Å². The highest BCUT2D eigenvalue weighted by atomic mass is 28.4. The Morgan fingerprint density at radius 2 is 0.867 bits per heavy atom. The summed E-state index contributed by atoms with van der Waals surface area (Å²) < 4.78 is 39.6. The van der Waals surface area contributed by atoms with E-state index >= 15 is 0 Å². The van der Waals surface area contributed by atoms with Crippen molar-refractivity contribution in [2.45, 2.75) is 131 Å². The molecule has 2 aromatic carbocycles. The number of benzene rings is 2. The van der Waals surface area contributed by atoms with Crippen molar-refractivity contribution >= 4 is 9.05 Å². The average molecular weight is 641 g/mol. The summed E-state index contributed by atoms with van der Waals surface area (Å²) >= 11 is 0. The van der Waals surface area contributed by atoms with Crippen LogP contribution in [0.25, 0.3) is 0 Å². The second kappa shape index (κ2) is 18.2. The fourth-order valence-corrected chi connectivity index (χ4v) is 8.89. The summed E-state index contributed by atoms with van der Waals surface area (Å²) in [5.74, 6) is 5.86.